The SMILES string of the molecule is COc1cc(/C=N/N2C(=O)c3cccc4cccc(c34)C2=O)cc(I)c1O. The molecule has 1 aliphatic heterocycles. The van der Waals surface area contributed by atoms with Crippen molar-refractivity contribution in [3.05, 3.63) is 68.8 Å². The van der Waals surface area contributed by atoms with Gasteiger partial charge in [0.1, 0.15) is 0 Å². The Kier molecular flexibility index (Phi) is 4.31. The van der Waals surface area contributed by atoms with Gasteiger partial charge in [-0.1, -0.05) is 24.3 Å². The van der Waals surface area contributed by atoms with Gasteiger partial charge in [-0.25, -0.2) is 0 Å². The number of nitrogens with zero attached hydrogens (tertiary/aromatic N) is 2. The number of hydrogen-bond donors (Lipinski definition) is 1. The van der Waals surface area contributed by atoms with E-state index in [1.54, 1.807) is 36.4 Å². The Morgan fingerprint density at radius 3 is 2.30 bits per heavy atom. The van der Waals surface area contributed by atoms with Gasteiger partial charge in [0.05, 0.1) is 28.0 Å². The summed E-state index contributed by atoms with van der Waals surface area (Å²) in [6, 6.07) is 13.9. The van der Waals surface area contributed by atoms with Crippen LogP contribution >= 0.6 is 22.6 Å². The van der Waals surface area contributed by atoms with Crippen LogP contribution in [0.1, 0.15) is 26.3 Å². The van der Waals surface area contributed by atoms with Crippen molar-refractivity contribution in [3.63, 3.8) is 0 Å². The molecule has 0 unspecified atom stereocenters. The van der Waals surface area contributed by atoms with Crippen molar-refractivity contribution < 1.29 is 19.4 Å². The molecule has 1 N–H and O–H groups in total. The monoisotopic (exact) mass is 472 g/mol. The largest absolute Gasteiger partial charge is 0.504 e. The Labute approximate surface area is 168 Å². The number of hydrazone groups is 1. The van der Waals surface area contributed by atoms with Gasteiger partial charge in [-0.15, -0.1) is 0 Å². The first-order valence-corrected chi connectivity index (χ1v) is 9.10. The standard InChI is InChI=1S/C20H13IN2O4/c1-27-16-9-11(8-15(21)18(16)24)10-22-23-19(25)13-6-2-4-12-5-3-7-14(17(12)13)20(23)26/h2-10,24H,1H3/b22-10+. The molecular weight excluding hydrogens is 459 g/mol. The van der Waals surface area contributed by atoms with Crippen LogP contribution in [0.2, 0.25) is 0 Å². The lowest BCUT2D eigenvalue weighted by atomic mass is 9.95. The first-order valence-electron chi connectivity index (χ1n) is 8.02. The number of aromatic hydroxyl groups is 1. The zero-order valence-electron chi connectivity index (χ0n) is 14.1. The second-order valence-electron chi connectivity index (χ2n) is 5.93. The van der Waals surface area contributed by atoms with Crippen molar-refractivity contribution in [2.24, 2.45) is 5.10 Å². The number of imide groups is 1. The molecule has 0 aromatic heterocycles. The third-order valence-corrected chi connectivity index (χ3v) is 5.17. The summed E-state index contributed by atoms with van der Waals surface area (Å²) < 4.78 is 5.69. The number of rotatable bonds is 3. The molecule has 4 rings (SSSR count). The molecule has 3 aromatic rings. The molecule has 0 fully saturated rings. The molecule has 27 heavy (non-hydrogen) atoms. The van der Waals surface area contributed by atoms with Gasteiger partial charge in [0, 0.05) is 5.39 Å². The number of phenols is 1. The maximum atomic E-state index is 12.8. The van der Waals surface area contributed by atoms with Gasteiger partial charge < -0.3 is 9.84 Å². The summed E-state index contributed by atoms with van der Waals surface area (Å²) in [4.78, 5) is 25.6. The number of carbonyl (C=O) groups excluding carboxylic acids is 2. The molecule has 2 amide bonds. The lowest BCUT2D eigenvalue weighted by Crippen LogP contribution is -2.36. The van der Waals surface area contributed by atoms with E-state index in [1.807, 2.05) is 34.7 Å². The van der Waals surface area contributed by atoms with E-state index in [9.17, 15) is 14.7 Å². The van der Waals surface area contributed by atoms with Crippen molar-refractivity contribution in [1.29, 1.82) is 0 Å². The predicted molar refractivity (Wildman–Crippen MR) is 109 cm³/mol. The fourth-order valence-corrected chi connectivity index (χ4v) is 3.70. The molecule has 0 bridgehead atoms. The van der Waals surface area contributed by atoms with E-state index in [4.69, 9.17) is 4.74 Å². The summed E-state index contributed by atoms with van der Waals surface area (Å²) >= 11 is 1.97. The zero-order valence-corrected chi connectivity index (χ0v) is 16.3. The summed E-state index contributed by atoms with van der Waals surface area (Å²) in [5.41, 5.74) is 1.47. The molecule has 0 radical (unpaired) electrons. The van der Waals surface area contributed by atoms with Crippen molar-refractivity contribution >= 4 is 51.4 Å². The number of ether oxygens (including phenoxy) is 1. The molecule has 0 saturated heterocycles. The van der Waals surface area contributed by atoms with Crippen LogP contribution in [0.4, 0.5) is 0 Å². The van der Waals surface area contributed by atoms with Crippen LogP contribution in [-0.2, 0) is 0 Å². The maximum absolute atomic E-state index is 12.8. The molecule has 0 saturated carbocycles. The van der Waals surface area contributed by atoms with Gasteiger partial charge >= 0.3 is 0 Å². The second-order valence-corrected chi connectivity index (χ2v) is 7.09. The lowest BCUT2D eigenvalue weighted by molar-refractivity contribution is 0.0616. The summed E-state index contributed by atoms with van der Waals surface area (Å²) in [6.45, 7) is 0. The van der Waals surface area contributed by atoms with Crippen LogP contribution in [0.3, 0.4) is 0 Å². The fourth-order valence-electron chi connectivity index (χ4n) is 3.07. The first-order chi connectivity index (χ1) is 13.0. The lowest BCUT2D eigenvalue weighted by Gasteiger charge is -2.23. The third-order valence-electron chi connectivity index (χ3n) is 4.34. The summed E-state index contributed by atoms with van der Waals surface area (Å²) in [5.74, 6) is -0.627. The van der Waals surface area contributed by atoms with Gasteiger partial charge in [-0.3, -0.25) is 9.59 Å². The minimum Gasteiger partial charge on any atom is -0.504 e. The molecule has 1 heterocycles. The molecule has 0 spiro atoms. The van der Waals surface area contributed by atoms with Crippen LogP contribution in [-0.4, -0.2) is 35.3 Å². The summed E-state index contributed by atoms with van der Waals surface area (Å²) in [7, 11) is 1.45. The molecule has 0 aliphatic carbocycles. The summed E-state index contributed by atoms with van der Waals surface area (Å²) in [6.07, 6.45) is 1.40. The van der Waals surface area contributed by atoms with E-state index in [0.29, 0.717) is 25.6 Å². The highest BCUT2D eigenvalue weighted by Gasteiger charge is 2.32. The van der Waals surface area contributed by atoms with Gasteiger partial charge in [0.15, 0.2) is 11.5 Å². The van der Waals surface area contributed by atoms with Crippen molar-refractivity contribution in [3.8, 4) is 11.5 Å². The molecule has 3 aromatic carbocycles. The van der Waals surface area contributed by atoms with Gasteiger partial charge in [0.25, 0.3) is 11.8 Å². The Morgan fingerprint density at radius 1 is 1.07 bits per heavy atom. The van der Waals surface area contributed by atoms with Gasteiger partial charge in [-0.05, 0) is 57.8 Å². The fraction of sp³-hybridized carbons (Fsp3) is 0.0500. The molecule has 0 atom stereocenters. The van der Waals surface area contributed by atoms with E-state index < -0.39 is 11.8 Å². The Morgan fingerprint density at radius 2 is 1.70 bits per heavy atom. The number of halogens is 1. The molecule has 134 valence electrons. The third kappa shape index (κ3) is 2.84. The highest BCUT2D eigenvalue weighted by Crippen LogP contribution is 2.32. The van der Waals surface area contributed by atoms with Crippen LogP contribution < -0.4 is 4.74 Å². The van der Waals surface area contributed by atoms with Crippen molar-refractivity contribution in [2.75, 3.05) is 7.11 Å². The molecular formula is C20H13IN2O4. The van der Waals surface area contributed by atoms with E-state index in [2.05, 4.69) is 5.10 Å². The van der Waals surface area contributed by atoms with E-state index in [-0.39, 0.29) is 11.5 Å². The first kappa shape index (κ1) is 17.5. The smallest absolute Gasteiger partial charge is 0.282 e. The maximum Gasteiger partial charge on any atom is 0.282 e. The average molecular weight is 472 g/mol. The van der Waals surface area contributed by atoms with Crippen molar-refractivity contribution in [1.82, 2.24) is 5.01 Å². The normalized spacial score (nSPS) is 13.6. The number of amides is 2. The zero-order chi connectivity index (χ0) is 19.1. The quantitative estimate of drug-likeness (QED) is 0.358. The summed E-state index contributed by atoms with van der Waals surface area (Å²) in [5, 5.41) is 16.4. The topological polar surface area (TPSA) is 79.2 Å². The minimum absolute atomic E-state index is 0.0287. The van der Waals surface area contributed by atoms with Crippen LogP contribution in [0.25, 0.3) is 10.8 Å². The Hall–Kier alpha value is -2.94. The average Bonchev–Trinajstić information content (AvgIpc) is 2.68. The number of hydrogen-bond acceptors (Lipinski definition) is 5. The minimum atomic E-state index is -0.471. The van der Waals surface area contributed by atoms with Gasteiger partial charge in [-0.2, -0.15) is 10.1 Å². The van der Waals surface area contributed by atoms with Crippen LogP contribution in [0.15, 0.2) is 53.6 Å². The predicted octanol–water partition coefficient (Wildman–Crippen LogP) is 3.79. The molecule has 7 heteroatoms. The number of benzene rings is 3. The highest BCUT2D eigenvalue weighted by atomic mass is 127. The van der Waals surface area contributed by atoms with E-state index >= 15 is 0 Å². The van der Waals surface area contributed by atoms with Crippen LogP contribution in [0, 0.1) is 3.57 Å². The Bertz CT molecular complexity index is 1090. The molecule has 1 aliphatic rings. The number of phenolic OH excluding ortho intramolecular Hbond substituents is 1. The molecule has 6 nitrogen and oxygen atoms in total. The number of methoxy groups -OCH3 is 1. The Balaban J connectivity index is 1.76. The van der Waals surface area contributed by atoms with Gasteiger partial charge in [0.2, 0.25) is 0 Å². The van der Waals surface area contributed by atoms with E-state index in [1.165, 1.54) is 13.3 Å². The highest BCUT2D eigenvalue weighted by molar-refractivity contribution is 14.1. The second kappa shape index (κ2) is 6.66. The van der Waals surface area contributed by atoms with Crippen LogP contribution in [0.5, 0.6) is 11.5 Å². The number of carbonyl (C=O) groups is 2. The van der Waals surface area contributed by atoms with Crippen molar-refractivity contribution in [2.45, 2.75) is 0 Å². The van der Waals surface area contributed by atoms with E-state index in [0.717, 1.165) is 10.4 Å².